The zero-order valence-electron chi connectivity index (χ0n) is 20.1. The molecule has 0 radical (unpaired) electrons. The fourth-order valence-electron chi connectivity index (χ4n) is 4.06. The number of aromatic nitrogens is 2. The molecule has 7 nitrogen and oxygen atoms in total. The van der Waals surface area contributed by atoms with Gasteiger partial charge < -0.3 is 16.2 Å². The number of hydrogen-bond donors (Lipinski definition) is 3. The lowest BCUT2D eigenvalue weighted by atomic mass is 9.93. The first-order valence-corrected chi connectivity index (χ1v) is 11.4. The van der Waals surface area contributed by atoms with E-state index < -0.39 is 11.4 Å². The summed E-state index contributed by atoms with van der Waals surface area (Å²) in [6.07, 6.45) is 8.23. The zero-order valence-corrected chi connectivity index (χ0v) is 20.1. The van der Waals surface area contributed by atoms with E-state index in [4.69, 9.17) is 5.73 Å². The Morgan fingerprint density at radius 2 is 1.69 bits per heavy atom. The lowest BCUT2D eigenvalue weighted by Crippen LogP contribution is -2.19. The zero-order chi connectivity index (χ0) is 25.0. The van der Waals surface area contributed by atoms with Gasteiger partial charge >= 0.3 is 5.97 Å². The van der Waals surface area contributed by atoms with E-state index in [-0.39, 0.29) is 0 Å². The van der Waals surface area contributed by atoms with Gasteiger partial charge in [-0.3, -0.25) is 14.8 Å². The molecule has 0 unspecified atom stereocenters. The molecule has 0 saturated heterocycles. The molecule has 4 rings (SSSR count). The number of carboxylic acids is 1. The largest absolute Gasteiger partial charge is 0.481 e. The maximum Gasteiger partial charge on any atom is 0.314 e. The van der Waals surface area contributed by atoms with Gasteiger partial charge in [-0.2, -0.15) is 0 Å². The number of rotatable bonds is 7. The lowest BCUT2D eigenvalue weighted by molar-refractivity contribution is -0.140. The van der Waals surface area contributed by atoms with Crippen LogP contribution < -0.4 is 11.1 Å². The van der Waals surface area contributed by atoms with Gasteiger partial charge in [0.25, 0.3) is 0 Å². The molecule has 0 amide bonds. The first-order chi connectivity index (χ1) is 16.9. The normalized spacial score (nSPS) is 14.8. The van der Waals surface area contributed by atoms with E-state index >= 15 is 0 Å². The van der Waals surface area contributed by atoms with Gasteiger partial charge in [-0.1, -0.05) is 54.1 Å². The quantitative estimate of drug-likeness (QED) is 0.328. The fourth-order valence-corrected chi connectivity index (χ4v) is 4.06. The van der Waals surface area contributed by atoms with Crippen LogP contribution in [0.4, 0.5) is 5.82 Å². The predicted octanol–water partition coefficient (Wildman–Crippen LogP) is 5.12. The Balaban J connectivity index is 1.52. The third-order valence-electron chi connectivity index (χ3n) is 6.11. The fraction of sp³-hybridized carbons (Fsp3) is 0.214. The van der Waals surface area contributed by atoms with Crippen molar-refractivity contribution in [2.24, 2.45) is 10.7 Å². The Morgan fingerprint density at radius 3 is 2.20 bits per heavy atom. The second-order valence-electron chi connectivity index (χ2n) is 8.87. The topological polar surface area (TPSA) is 113 Å². The highest BCUT2D eigenvalue weighted by Gasteiger charge is 2.51. The molecule has 0 atom stereocenters. The van der Waals surface area contributed by atoms with Crippen LogP contribution in [-0.4, -0.2) is 33.9 Å². The monoisotopic (exact) mass is 467 g/mol. The number of aliphatic carboxylic acids is 1. The summed E-state index contributed by atoms with van der Waals surface area (Å²) in [5, 5.41) is 12.7. The van der Waals surface area contributed by atoms with Crippen LogP contribution in [-0.2, 0) is 10.2 Å². The number of nitrogens with two attached hydrogens (primary N) is 1. The number of carbonyl (C=O) groups is 1. The minimum absolute atomic E-state index is 0.575. The van der Waals surface area contributed by atoms with Crippen molar-refractivity contribution in [3.8, 4) is 11.1 Å². The Hall–Kier alpha value is -4.26. The van der Waals surface area contributed by atoms with Crippen LogP contribution in [0, 0.1) is 0 Å². The highest BCUT2D eigenvalue weighted by Crippen LogP contribution is 2.48. The molecule has 1 saturated carbocycles. The van der Waals surface area contributed by atoms with Gasteiger partial charge in [0.2, 0.25) is 0 Å². The summed E-state index contributed by atoms with van der Waals surface area (Å²) in [7, 11) is 1.69. The van der Waals surface area contributed by atoms with Gasteiger partial charge in [-0.15, -0.1) is 0 Å². The summed E-state index contributed by atoms with van der Waals surface area (Å²) in [4.78, 5) is 24.8. The average molecular weight is 468 g/mol. The van der Waals surface area contributed by atoms with Crippen LogP contribution in [0.1, 0.15) is 43.5 Å². The van der Waals surface area contributed by atoms with E-state index in [9.17, 15) is 9.90 Å². The summed E-state index contributed by atoms with van der Waals surface area (Å²) < 4.78 is 0. The molecule has 1 aromatic heterocycles. The van der Waals surface area contributed by atoms with Crippen molar-refractivity contribution in [3.63, 3.8) is 0 Å². The number of hydrogen-bond acceptors (Lipinski definition) is 5. The minimum atomic E-state index is -0.743. The minimum Gasteiger partial charge on any atom is -0.481 e. The maximum atomic E-state index is 11.6. The van der Waals surface area contributed by atoms with Gasteiger partial charge in [0.05, 0.1) is 23.5 Å². The van der Waals surface area contributed by atoms with Crippen LogP contribution in [0.15, 0.2) is 77.7 Å². The molecule has 3 aromatic rings. The van der Waals surface area contributed by atoms with Gasteiger partial charge in [0, 0.05) is 18.8 Å². The van der Waals surface area contributed by atoms with Crippen LogP contribution in [0.25, 0.3) is 22.8 Å². The smallest absolute Gasteiger partial charge is 0.314 e. The molecule has 4 N–H and O–H groups in total. The van der Waals surface area contributed by atoms with Gasteiger partial charge in [-0.05, 0) is 55.0 Å². The summed E-state index contributed by atoms with van der Waals surface area (Å²) in [6, 6.07) is 15.8. The first-order valence-electron chi connectivity index (χ1n) is 11.4. The van der Waals surface area contributed by atoms with Crippen LogP contribution in [0.3, 0.4) is 0 Å². The molecule has 1 fully saturated rings. The Kier molecular flexibility index (Phi) is 6.78. The molecule has 2 aromatic carbocycles. The number of allylic oxidation sites excluding steroid dienone is 1. The number of benzene rings is 2. The molecule has 0 bridgehead atoms. The van der Waals surface area contributed by atoms with Crippen molar-refractivity contribution in [2.75, 3.05) is 12.4 Å². The van der Waals surface area contributed by atoms with E-state index in [1.54, 1.807) is 19.4 Å². The van der Waals surface area contributed by atoms with E-state index in [1.165, 1.54) is 6.20 Å². The Morgan fingerprint density at radius 1 is 1.06 bits per heavy atom. The number of nitrogens with one attached hydrogen (secondary N) is 1. The number of aliphatic imine (C=N–C) groups is 1. The van der Waals surface area contributed by atoms with Gasteiger partial charge in [0.1, 0.15) is 5.84 Å². The molecular formula is C28H29N5O2. The number of carboxylic acid groups (broad SMARTS) is 1. The summed E-state index contributed by atoms with van der Waals surface area (Å²) >= 11 is 0. The molecule has 35 heavy (non-hydrogen) atoms. The summed E-state index contributed by atoms with van der Waals surface area (Å²) in [5.74, 6) is 0.412. The van der Waals surface area contributed by atoms with Crippen molar-refractivity contribution in [1.82, 2.24) is 9.97 Å². The highest BCUT2D eigenvalue weighted by molar-refractivity contribution is 6.28. The SMILES string of the molecule is CN=C(Nc1cncc(C=C(C)C)n1)C(=CN)c1ccc(-c2ccc(C3(C(=O)O)CC3)cc2)cc1. The third kappa shape index (κ3) is 5.14. The number of amidine groups is 1. The van der Waals surface area contributed by atoms with Gasteiger partial charge in [0.15, 0.2) is 5.82 Å². The molecular weight excluding hydrogens is 438 g/mol. The molecule has 178 valence electrons. The van der Waals surface area contributed by atoms with Crippen molar-refractivity contribution in [2.45, 2.75) is 32.1 Å². The van der Waals surface area contributed by atoms with Crippen molar-refractivity contribution in [3.05, 3.63) is 89.5 Å². The van der Waals surface area contributed by atoms with Crippen molar-refractivity contribution >= 4 is 29.3 Å². The number of nitrogens with zero attached hydrogens (tertiary/aromatic N) is 3. The molecule has 1 aliphatic rings. The Bertz CT molecular complexity index is 1310. The van der Waals surface area contributed by atoms with Crippen LogP contribution >= 0.6 is 0 Å². The molecule has 1 aliphatic carbocycles. The van der Waals surface area contributed by atoms with E-state index in [2.05, 4.69) is 20.3 Å². The third-order valence-corrected chi connectivity index (χ3v) is 6.11. The highest BCUT2D eigenvalue weighted by atomic mass is 16.4. The standard InChI is InChI=1S/C28H29N5O2/c1-18(2)14-23-16-31-17-25(32-23)33-26(30-3)24(15-29)21-6-4-19(5-7-21)20-8-10-22(11-9-20)28(12-13-28)27(34)35/h4-11,14-17H,12-13,29H2,1-3H3,(H,34,35)(H,30,32,33). The van der Waals surface area contributed by atoms with E-state index in [0.29, 0.717) is 24.5 Å². The average Bonchev–Trinajstić information content (AvgIpc) is 3.67. The second-order valence-corrected chi connectivity index (χ2v) is 8.87. The van der Waals surface area contributed by atoms with Gasteiger partial charge in [-0.25, -0.2) is 4.98 Å². The molecule has 1 heterocycles. The van der Waals surface area contributed by atoms with Crippen LogP contribution in [0.5, 0.6) is 0 Å². The first kappa shape index (κ1) is 23.9. The summed E-state index contributed by atoms with van der Waals surface area (Å²) in [6.45, 7) is 4.02. The molecule has 0 spiro atoms. The second kappa shape index (κ2) is 9.93. The Labute approximate surface area is 205 Å². The van der Waals surface area contributed by atoms with E-state index in [0.717, 1.165) is 39.1 Å². The van der Waals surface area contributed by atoms with Crippen molar-refractivity contribution in [1.29, 1.82) is 0 Å². The maximum absolute atomic E-state index is 11.6. The van der Waals surface area contributed by atoms with Crippen molar-refractivity contribution < 1.29 is 9.90 Å². The molecule has 7 heteroatoms. The number of anilines is 1. The van der Waals surface area contributed by atoms with Crippen LogP contribution in [0.2, 0.25) is 0 Å². The lowest BCUT2D eigenvalue weighted by Gasteiger charge is -2.14. The summed E-state index contributed by atoms with van der Waals surface area (Å²) in [5.41, 5.74) is 11.7. The predicted molar refractivity (Wildman–Crippen MR) is 141 cm³/mol. The molecule has 0 aliphatic heterocycles. The van der Waals surface area contributed by atoms with E-state index in [1.807, 2.05) is 68.5 Å².